The van der Waals surface area contributed by atoms with Crippen LogP contribution in [0.25, 0.3) is 0 Å². The van der Waals surface area contributed by atoms with E-state index in [4.69, 9.17) is 0 Å². The van der Waals surface area contributed by atoms with Crippen molar-refractivity contribution in [2.45, 2.75) is 70.9 Å². The fourth-order valence-corrected chi connectivity index (χ4v) is 10.9. The summed E-state index contributed by atoms with van der Waals surface area (Å²) in [6.45, 7) is 11.6. The molecule has 0 fully saturated rings. The van der Waals surface area contributed by atoms with Gasteiger partial charge in [0.2, 0.25) is 0 Å². The fraction of sp³-hybridized carbons (Fsp3) is 0.143. The number of rotatable bonds is 14. The van der Waals surface area contributed by atoms with E-state index < -0.39 is 16.7 Å². The van der Waals surface area contributed by atoms with Crippen molar-refractivity contribution in [3.8, 4) is 0 Å². The molecule has 0 unspecified atom stereocenters. The van der Waals surface area contributed by atoms with E-state index in [9.17, 15) is 29.1 Å². The van der Waals surface area contributed by atoms with Gasteiger partial charge in [0.1, 0.15) is 48.3 Å². The van der Waals surface area contributed by atoms with Crippen molar-refractivity contribution in [2.75, 3.05) is 0 Å². The first-order chi connectivity index (χ1) is 47.4. The first kappa shape index (κ1) is 86.1. The zero-order valence-corrected chi connectivity index (χ0v) is 63.6. The minimum absolute atomic E-state index is 0. The standard InChI is InChI=1S/C23H21N3O.C21H17N3O.C19H16O.C5H8N3O.C4H7N3O.C2H3N3O.C2H6.CH3.2B.2Y/c1-2-25-18-24-26(22(25)27)23(19-12-6-3-7-13-19,20-14-8-4-9-15-20)21-16-10-5-11-17-21;25-20-22-16-23-24(20)21(17-10-4-1-5-11-17,18-12-6-2-7-13-18)19-14-8-3-9-15-19;20-19(16-10-4-1-5-11-16,17-12-6-2-7-13-17)18-14-8-3-9-15-18;1-3-8-4-6-7(2)5(8)9;1-2-7-3-5-6-4(7)8;6-2-3-1-4-5-2;1-2;;;;;/h3-18H,2H2,1H3;1-16H,(H,22,23,25);1-15,20H;4H,2-3H2,1H3;3H,2H2,1H3,(H,6,8);1H,(H2,3,4,5,6);1-2H3;1H3;;;;/q;;;-1;;;;-1;;;;. The molecular weight excluding hydrogens is 1430 g/mol. The van der Waals surface area contributed by atoms with Crippen LogP contribution in [-0.2, 0) is 102 Å². The Morgan fingerprint density at radius 2 is 0.667 bits per heavy atom. The number of benzene rings is 9. The summed E-state index contributed by atoms with van der Waals surface area (Å²) in [5.74, 6) is 0. The van der Waals surface area contributed by atoms with Crippen molar-refractivity contribution >= 4 is 16.8 Å². The molecule has 21 nitrogen and oxygen atoms in total. The van der Waals surface area contributed by atoms with Gasteiger partial charge in [-0.15, -0.1) is 0 Å². The molecule has 0 spiro atoms. The van der Waals surface area contributed by atoms with Gasteiger partial charge in [0.25, 0.3) is 0 Å². The minimum Gasteiger partial charge on any atom is -0.376 e. The Labute approximate surface area is 647 Å². The van der Waals surface area contributed by atoms with E-state index in [1.165, 1.54) is 39.1 Å². The molecule has 0 atom stereocenters. The molecule has 8 radical (unpaired) electrons. The molecule has 5 aromatic heterocycles. The number of hydrogen-bond acceptors (Lipinski definition) is 11. The second-order valence-electron chi connectivity index (χ2n) is 21.0. The fourth-order valence-electron chi connectivity index (χ4n) is 10.9. The van der Waals surface area contributed by atoms with Gasteiger partial charge >= 0.3 is 22.8 Å². The number of nitrogens with zero attached hydrogens (tertiary/aromatic N) is 11. The summed E-state index contributed by atoms with van der Waals surface area (Å²) in [5, 5.41) is 35.3. The number of nitrogens with one attached hydrogen (secondary N) is 4. The summed E-state index contributed by atoms with van der Waals surface area (Å²) < 4.78 is 8.78. The number of aliphatic hydroxyl groups is 1. The van der Waals surface area contributed by atoms with Crippen LogP contribution in [0.1, 0.15) is 84.7 Å². The first-order valence-electron chi connectivity index (χ1n) is 31.6. The monoisotopic (exact) mass is 1510 g/mol. The molecule has 514 valence electrons. The maximum atomic E-state index is 13.2. The normalized spacial score (nSPS) is 10.2. The Morgan fingerprint density at radius 3 is 0.873 bits per heavy atom. The number of hydrogen-bond donors (Lipinski definition) is 5. The van der Waals surface area contributed by atoms with Gasteiger partial charge in [-0.25, -0.2) is 29.4 Å². The van der Waals surface area contributed by atoms with Gasteiger partial charge in [0.05, 0.1) is 0 Å². The van der Waals surface area contributed by atoms with Gasteiger partial charge in [-0.1, -0.05) is 287 Å². The Bertz CT molecular complexity index is 4540. The first-order valence-corrected chi connectivity index (χ1v) is 31.6. The van der Waals surface area contributed by atoms with E-state index in [1.807, 2.05) is 271 Å². The average molecular weight is 1510 g/mol. The molecule has 14 aromatic rings. The predicted molar refractivity (Wildman–Crippen MR) is 396 cm³/mol. The molecule has 102 heavy (non-hydrogen) atoms. The van der Waals surface area contributed by atoms with Gasteiger partial charge in [-0.05, 0) is 70.8 Å². The number of aryl methyl sites for hydroxylation is 3. The van der Waals surface area contributed by atoms with Crippen molar-refractivity contribution < 1.29 is 70.5 Å². The van der Waals surface area contributed by atoms with Crippen LogP contribution in [0.5, 0.6) is 0 Å². The third-order valence-electron chi connectivity index (χ3n) is 15.5. The van der Waals surface area contributed by atoms with Crippen LogP contribution in [0.2, 0.25) is 0 Å². The third kappa shape index (κ3) is 20.3. The number of H-pyrrole nitrogens is 4. The van der Waals surface area contributed by atoms with Crippen molar-refractivity contribution in [3.63, 3.8) is 0 Å². The van der Waals surface area contributed by atoms with Crippen molar-refractivity contribution in [1.29, 1.82) is 0 Å². The average Bonchev–Trinajstić information content (AvgIpc) is 1.30. The van der Waals surface area contributed by atoms with Gasteiger partial charge in [0.15, 0.2) is 5.69 Å². The van der Waals surface area contributed by atoms with Gasteiger partial charge in [-0.3, -0.25) is 19.1 Å². The summed E-state index contributed by atoms with van der Waals surface area (Å²) in [4.78, 5) is 62.0. The second-order valence-corrected chi connectivity index (χ2v) is 21.0. The summed E-state index contributed by atoms with van der Waals surface area (Å²) >= 11 is 0. The molecule has 5 heterocycles. The van der Waals surface area contributed by atoms with Gasteiger partial charge < -0.3 is 26.6 Å². The van der Waals surface area contributed by atoms with Crippen LogP contribution in [0.3, 0.4) is 0 Å². The zero-order chi connectivity index (χ0) is 68.9. The molecule has 0 aliphatic carbocycles. The smallest absolute Gasteiger partial charge is 0.347 e. The Kier molecular flexibility index (Phi) is 36.7. The Hall–Kier alpha value is -10.2. The van der Waals surface area contributed by atoms with Crippen molar-refractivity contribution in [2.24, 2.45) is 0 Å². The molecule has 9 aromatic carbocycles. The minimum atomic E-state index is -1.12. The topological polar surface area (TPSA) is 263 Å². The quantitative estimate of drug-likeness (QED) is 0.0388. The summed E-state index contributed by atoms with van der Waals surface area (Å²) in [6, 6.07) is 89.5. The molecule has 0 saturated heterocycles. The van der Waals surface area contributed by atoms with Crippen molar-refractivity contribution in [3.05, 3.63) is 422 Å². The van der Waals surface area contributed by atoms with Crippen LogP contribution in [0.4, 0.5) is 0 Å². The van der Waals surface area contributed by atoms with E-state index in [-0.39, 0.29) is 118 Å². The molecule has 0 amide bonds. The summed E-state index contributed by atoms with van der Waals surface area (Å²) in [5.41, 5.74) is 4.73. The maximum absolute atomic E-state index is 13.2. The zero-order valence-electron chi connectivity index (χ0n) is 57.9. The van der Waals surface area contributed by atoms with Crippen LogP contribution in [-0.4, -0.2) is 95.3 Å². The van der Waals surface area contributed by atoms with Crippen LogP contribution >= 0.6 is 0 Å². The van der Waals surface area contributed by atoms with Crippen LogP contribution in [0, 0.1) is 14.5 Å². The molecule has 25 heteroatoms. The Balaban J connectivity index is 0.000000334. The number of aromatic nitrogens is 15. The predicted octanol–water partition coefficient (Wildman–Crippen LogP) is 10.4. The van der Waals surface area contributed by atoms with E-state index >= 15 is 0 Å². The molecular formula is C77H81B2N15O6Y2-2. The van der Waals surface area contributed by atoms with Crippen molar-refractivity contribution in [1.82, 2.24) is 73.4 Å². The molecule has 0 aliphatic rings. The summed E-state index contributed by atoms with van der Waals surface area (Å²) in [7, 11) is 3.36. The van der Waals surface area contributed by atoms with E-state index in [2.05, 4.69) is 89.1 Å². The van der Waals surface area contributed by atoms with Crippen LogP contribution < -0.4 is 28.4 Å². The largest absolute Gasteiger partial charge is 0.376 e. The summed E-state index contributed by atoms with van der Waals surface area (Å²) in [6.07, 6.45) is 7.29. The molecule has 5 N–H and O–H groups in total. The van der Waals surface area contributed by atoms with E-state index in [0.29, 0.717) is 19.6 Å². The Morgan fingerprint density at radius 1 is 0.363 bits per heavy atom. The maximum Gasteiger partial charge on any atom is 0.347 e. The molecule has 0 bridgehead atoms. The molecule has 14 rings (SSSR count). The number of aromatic amines is 4. The van der Waals surface area contributed by atoms with Crippen LogP contribution in [0.15, 0.2) is 329 Å². The SMILES string of the molecule is CC.CCn1cn[nH]c1=O.CCn1cnn(C(c2ccccc2)(c2ccccc2)c2ccccc2)c1=O.O=c1[nH]cn[nH]1.O=c1[nH]cnn1C(c1ccccc1)(c1ccccc1)c1ccccc1.OC(c1ccccc1)(c1ccccc1)c1ccccc1.[B].[B].[CH2-]n1ncn(CC)c1=O.[CH3-].[Y].[Y]. The van der Waals surface area contributed by atoms with E-state index in [1.54, 1.807) is 15.6 Å². The third-order valence-corrected chi connectivity index (χ3v) is 15.5. The van der Waals surface area contributed by atoms with Gasteiger partial charge in [0, 0.05) is 102 Å². The molecule has 0 saturated carbocycles. The molecule has 0 aliphatic heterocycles. The second kappa shape index (κ2) is 43.5. The van der Waals surface area contributed by atoms with Gasteiger partial charge in [-0.2, -0.15) is 41.9 Å². The van der Waals surface area contributed by atoms with E-state index in [0.717, 1.165) is 54.8 Å².